The number of carbonyl (C=O) groups excluding carboxylic acids is 1. The van der Waals surface area contributed by atoms with Crippen molar-refractivity contribution < 1.29 is 14.7 Å². The monoisotopic (exact) mass is 212 g/mol. The van der Waals surface area contributed by atoms with Gasteiger partial charge in [0.05, 0.1) is 6.54 Å². The Hall–Kier alpha value is -1.10. The lowest BCUT2D eigenvalue weighted by Crippen LogP contribution is -2.55. The van der Waals surface area contributed by atoms with Crippen LogP contribution in [0.25, 0.3) is 0 Å². The zero-order chi connectivity index (χ0) is 10.8. The van der Waals surface area contributed by atoms with Crippen LogP contribution in [0.1, 0.15) is 25.7 Å². The van der Waals surface area contributed by atoms with Crippen LogP contribution in [0.5, 0.6) is 0 Å². The van der Waals surface area contributed by atoms with E-state index in [1.54, 1.807) is 0 Å². The number of nitrogens with zero attached hydrogens (tertiary/aromatic N) is 1. The van der Waals surface area contributed by atoms with E-state index in [4.69, 9.17) is 5.11 Å². The van der Waals surface area contributed by atoms with Gasteiger partial charge in [0.1, 0.15) is 0 Å². The van der Waals surface area contributed by atoms with Gasteiger partial charge in [0.2, 0.25) is 5.91 Å². The van der Waals surface area contributed by atoms with E-state index in [0.29, 0.717) is 25.6 Å². The molecule has 1 aliphatic heterocycles. The summed E-state index contributed by atoms with van der Waals surface area (Å²) in [6, 6.07) is 0.737. The summed E-state index contributed by atoms with van der Waals surface area (Å²) in [5.74, 6) is -0.698. The number of hydrogen-bond donors (Lipinski definition) is 2. The summed E-state index contributed by atoms with van der Waals surface area (Å²) in [5.41, 5.74) is 0. The predicted octanol–water partition coefficient (Wildman–Crippen LogP) is -0.186. The van der Waals surface area contributed by atoms with Crippen LogP contribution in [-0.2, 0) is 9.59 Å². The number of carboxylic acid groups (broad SMARTS) is 1. The first-order valence-corrected chi connectivity index (χ1v) is 5.41. The highest BCUT2D eigenvalue weighted by atomic mass is 16.4. The second-order valence-electron chi connectivity index (χ2n) is 4.29. The van der Waals surface area contributed by atoms with Crippen molar-refractivity contribution in [1.29, 1.82) is 0 Å². The first-order valence-electron chi connectivity index (χ1n) is 5.41. The molecule has 2 aliphatic rings. The zero-order valence-corrected chi connectivity index (χ0v) is 8.61. The standard InChI is InChI=1S/C10H16N2O3/c13-9-6-12(7-1-2-7)8(5-11-9)3-4-10(14)15/h7-8H,1-6H2,(H,11,13)(H,14,15). The number of carbonyl (C=O) groups is 2. The van der Waals surface area contributed by atoms with Crippen LogP contribution in [0.3, 0.4) is 0 Å². The predicted molar refractivity (Wildman–Crippen MR) is 53.4 cm³/mol. The summed E-state index contributed by atoms with van der Waals surface area (Å²) in [4.78, 5) is 23.9. The summed E-state index contributed by atoms with van der Waals surface area (Å²) in [6.07, 6.45) is 3.11. The molecule has 1 saturated heterocycles. The SMILES string of the molecule is O=C(O)CCC1CNC(=O)CN1C1CC1. The first-order chi connectivity index (χ1) is 7.16. The molecule has 0 bridgehead atoms. The second kappa shape index (κ2) is 4.18. The molecule has 1 heterocycles. The maximum Gasteiger partial charge on any atom is 0.303 e. The Balaban J connectivity index is 1.89. The minimum absolute atomic E-state index is 0.0634. The van der Waals surface area contributed by atoms with E-state index in [1.807, 2.05) is 0 Å². The average Bonchev–Trinajstić information content (AvgIpc) is 2.98. The molecule has 2 N–H and O–H groups in total. The number of amides is 1. The first kappa shape index (κ1) is 10.4. The van der Waals surface area contributed by atoms with E-state index < -0.39 is 5.97 Å². The van der Waals surface area contributed by atoms with Crippen LogP contribution >= 0.6 is 0 Å². The van der Waals surface area contributed by atoms with E-state index in [-0.39, 0.29) is 18.4 Å². The fraction of sp³-hybridized carbons (Fsp3) is 0.800. The third kappa shape index (κ3) is 2.68. The van der Waals surface area contributed by atoms with Crippen molar-refractivity contribution in [2.24, 2.45) is 0 Å². The summed E-state index contributed by atoms with van der Waals surface area (Å²) < 4.78 is 0. The molecule has 0 aromatic heterocycles. The number of nitrogens with one attached hydrogen (secondary N) is 1. The Labute approximate surface area is 88.4 Å². The molecule has 84 valence electrons. The van der Waals surface area contributed by atoms with E-state index in [0.717, 1.165) is 12.8 Å². The van der Waals surface area contributed by atoms with Gasteiger partial charge in [-0.3, -0.25) is 14.5 Å². The van der Waals surface area contributed by atoms with Gasteiger partial charge >= 0.3 is 5.97 Å². The molecule has 2 rings (SSSR count). The van der Waals surface area contributed by atoms with Gasteiger partial charge in [-0.05, 0) is 19.3 Å². The highest BCUT2D eigenvalue weighted by Crippen LogP contribution is 2.30. The molecular formula is C10H16N2O3. The topological polar surface area (TPSA) is 69.6 Å². The third-order valence-electron chi connectivity index (χ3n) is 3.04. The van der Waals surface area contributed by atoms with Gasteiger partial charge in [0.15, 0.2) is 0 Å². The quantitative estimate of drug-likeness (QED) is 0.678. The smallest absolute Gasteiger partial charge is 0.303 e. The van der Waals surface area contributed by atoms with Crippen molar-refractivity contribution in [1.82, 2.24) is 10.2 Å². The van der Waals surface area contributed by atoms with Gasteiger partial charge in [-0.25, -0.2) is 0 Å². The number of aliphatic carboxylic acids is 1. The Morgan fingerprint density at radius 2 is 2.27 bits per heavy atom. The Morgan fingerprint density at radius 3 is 2.87 bits per heavy atom. The summed E-state index contributed by atoms with van der Waals surface area (Å²) in [7, 11) is 0. The Morgan fingerprint density at radius 1 is 1.53 bits per heavy atom. The number of piperazine rings is 1. The molecule has 5 nitrogen and oxygen atoms in total. The Kier molecular flexibility index (Phi) is 2.90. The lowest BCUT2D eigenvalue weighted by Gasteiger charge is -2.35. The van der Waals surface area contributed by atoms with Crippen LogP contribution in [-0.4, -0.2) is 47.1 Å². The molecule has 1 atom stereocenters. The van der Waals surface area contributed by atoms with Gasteiger partial charge in [-0.15, -0.1) is 0 Å². The fourth-order valence-corrected chi connectivity index (χ4v) is 2.09. The maximum absolute atomic E-state index is 11.2. The molecule has 2 fully saturated rings. The molecule has 0 aromatic rings. The minimum atomic E-state index is -0.761. The summed E-state index contributed by atoms with van der Waals surface area (Å²) in [5, 5.41) is 11.4. The highest BCUT2D eigenvalue weighted by molar-refractivity contribution is 5.79. The normalized spacial score (nSPS) is 27.5. The molecule has 1 unspecified atom stereocenters. The molecular weight excluding hydrogens is 196 g/mol. The lowest BCUT2D eigenvalue weighted by molar-refractivity contribution is -0.137. The van der Waals surface area contributed by atoms with E-state index in [2.05, 4.69) is 10.2 Å². The van der Waals surface area contributed by atoms with E-state index in [9.17, 15) is 9.59 Å². The highest BCUT2D eigenvalue weighted by Gasteiger charge is 2.37. The lowest BCUT2D eigenvalue weighted by atomic mass is 10.1. The second-order valence-corrected chi connectivity index (χ2v) is 4.29. The van der Waals surface area contributed by atoms with Crippen molar-refractivity contribution in [3.05, 3.63) is 0 Å². The van der Waals surface area contributed by atoms with E-state index >= 15 is 0 Å². The van der Waals surface area contributed by atoms with Crippen LogP contribution in [0.4, 0.5) is 0 Å². The molecule has 0 radical (unpaired) electrons. The van der Waals surface area contributed by atoms with Crippen molar-refractivity contribution in [2.45, 2.75) is 37.8 Å². The minimum Gasteiger partial charge on any atom is -0.481 e. The van der Waals surface area contributed by atoms with Crippen LogP contribution in [0.2, 0.25) is 0 Å². The zero-order valence-electron chi connectivity index (χ0n) is 8.61. The van der Waals surface area contributed by atoms with Crippen LogP contribution < -0.4 is 5.32 Å². The molecule has 15 heavy (non-hydrogen) atoms. The van der Waals surface area contributed by atoms with Gasteiger partial charge in [-0.1, -0.05) is 0 Å². The van der Waals surface area contributed by atoms with Crippen LogP contribution in [0.15, 0.2) is 0 Å². The molecule has 0 aromatic carbocycles. The van der Waals surface area contributed by atoms with Gasteiger partial charge in [-0.2, -0.15) is 0 Å². The van der Waals surface area contributed by atoms with Crippen LogP contribution in [0, 0.1) is 0 Å². The summed E-state index contributed by atoms with van der Waals surface area (Å²) in [6.45, 7) is 1.04. The largest absolute Gasteiger partial charge is 0.481 e. The molecule has 1 amide bonds. The number of carboxylic acids is 1. The van der Waals surface area contributed by atoms with Gasteiger partial charge < -0.3 is 10.4 Å². The summed E-state index contributed by atoms with van der Waals surface area (Å²) >= 11 is 0. The molecule has 0 spiro atoms. The number of rotatable bonds is 4. The van der Waals surface area contributed by atoms with Crippen molar-refractivity contribution in [3.8, 4) is 0 Å². The van der Waals surface area contributed by atoms with Crippen molar-refractivity contribution in [3.63, 3.8) is 0 Å². The molecule has 5 heteroatoms. The van der Waals surface area contributed by atoms with E-state index in [1.165, 1.54) is 0 Å². The Bertz CT molecular complexity index is 276. The maximum atomic E-state index is 11.2. The number of hydrogen-bond acceptors (Lipinski definition) is 3. The van der Waals surface area contributed by atoms with Crippen molar-refractivity contribution >= 4 is 11.9 Å². The van der Waals surface area contributed by atoms with Gasteiger partial charge in [0.25, 0.3) is 0 Å². The molecule has 1 saturated carbocycles. The van der Waals surface area contributed by atoms with Gasteiger partial charge in [0, 0.05) is 25.0 Å². The fourth-order valence-electron chi connectivity index (χ4n) is 2.09. The third-order valence-corrected chi connectivity index (χ3v) is 3.04. The molecule has 1 aliphatic carbocycles. The average molecular weight is 212 g/mol. The van der Waals surface area contributed by atoms with Crippen molar-refractivity contribution in [2.75, 3.05) is 13.1 Å².